The van der Waals surface area contributed by atoms with Crippen molar-refractivity contribution in [3.05, 3.63) is 17.0 Å². The molecule has 2 N–H and O–H groups in total. The smallest absolute Gasteiger partial charge is 0.338 e. The van der Waals surface area contributed by atoms with Gasteiger partial charge in [-0.05, 0) is 17.9 Å². The molecule has 0 spiro atoms. The van der Waals surface area contributed by atoms with Crippen LogP contribution in [0.25, 0.3) is 0 Å². The lowest BCUT2D eigenvalue weighted by atomic mass is 10.3. The molecule has 0 atom stereocenters. The molecular formula is C13H17N3O4S. The number of aromatic carboxylic acids is 1. The van der Waals surface area contributed by atoms with Crippen LogP contribution in [0.1, 0.15) is 23.7 Å². The highest BCUT2D eigenvalue weighted by molar-refractivity contribution is 7.14. The van der Waals surface area contributed by atoms with E-state index in [2.05, 4.69) is 5.32 Å². The van der Waals surface area contributed by atoms with Crippen molar-refractivity contribution in [2.45, 2.75) is 13.3 Å². The number of hydrogen-bond donors (Lipinski definition) is 2. The molecule has 8 heteroatoms. The third kappa shape index (κ3) is 3.72. The number of nitrogens with zero attached hydrogens (tertiary/aromatic N) is 2. The highest BCUT2D eigenvalue weighted by Crippen LogP contribution is 2.23. The summed E-state index contributed by atoms with van der Waals surface area (Å²) in [4.78, 5) is 37.9. The minimum absolute atomic E-state index is 0.00341. The molecule has 0 saturated carbocycles. The molecule has 1 fully saturated rings. The van der Waals surface area contributed by atoms with Crippen molar-refractivity contribution < 1.29 is 19.5 Å². The number of urea groups is 1. The van der Waals surface area contributed by atoms with Gasteiger partial charge in [0.2, 0.25) is 5.91 Å². The van der Waals surface area contributed by atoms with Crippen LogP contribution in [0.5, 0.6) is 0 Å². The first-order valence-electron chi connectivity index (χ1n) is 6.61. The number of carbonyl (C=O) groups is 3. The van der Waals surface area contributed by atoms with Crippen molar-refractivity contribution in [2.75, 3.05) is 31.5 Å². The number of rotatable bonds is 2. The molecule has 2 rings (SSSR count). The van der Waals surface area contributed by atoms with E-state index < -0.39 is 5.97 Å². The van der Waals surface area contributed by atoms with Gasteiger partial charge in [0.25, 0.3) is 0 Å². The summed E-state index contributed by atoms with van der Waals surface area (Å²) in [6, 6.07) is 1.13. The molecule has 7 nitrogen and oxygen atoms in total. The average molecular weight is 311 g/mol. The van der Waals surface area contributed by atoms with E-state index in [1.54, 1.807) is 15.2 Å². The molecule has 0 aliphatic carbocycles. The summed E-state index contributed by atoms with van der Waals surface area (Å²) in [5, 5.41) is 13.6. The molecular weight excluding hydrogens is 294 g/mol. The van der Waals surface area contributed by atoms with Crippen LogP contribution in [-0.4, -0.2) is 59.0 Å². The van der Waals surface area contributed by atoms with Crippen LogP contribution in [0.4, 0.5) is 9.80 Å². The first kappa shape index (κ1) is 15.3. The summed E-state index contributed by atoms with van der Waals surface area (Å²) in [6.07, 6.45) is 0.712. The molecule has 1 aromatic heterocycles. The Balaban J connectivity index is 1.98. The first-order valence-corrected chi connectivity index (χ1v) is 7.49. The monoisotopic (exact) mass is 311 g/mol. The Morgan fingerprint density at radius 1 is 1.19 bits per heavy atom. The number of carboxylic acid groups (broad SMARTS) is 1. The number of thiophene rings is 1. The van der Waals surface area contributed by atoms with E-state index in [-0.39, 0.29) is 17.5 Å². The zero-order chi connectivity index (χ0) is 15.4. The molecule has 1 saturated heterocycles. The molecule has 114 valence electrons. The van der Waals surface area contributed by atoms with Gasteiger partial charge < -0.3 is 14.9 Å². The van der Waals surface area contributed by atoms with Gasteiger partial charge in [0.15, 0.2) is 0 Å². The Bertz CT molecular complexity index is 557. The van der Waals surface area contributed by atoms with Crippen LogP contribution in [-0.2, 0) is 4.79 Å². The number of amides is 3. The minimum atomic E-state index is -1.06. The van der Waals surface area contributed by atoms with Crippen molar-refractivity contribution in [1.29, 1.82) is 0 Å². The molecule has 0 radical (unpaired) electrons. The lowest BCUT2D eigenvalue weighted by Gasteiger charge is -2.21. The summed E-state index contributed by atoms with van der Waals surface area (Å²) >= 11 is 1.18. The summed E-state index contributed by atoms with van der Waals surface area (Å²) < 4.78 is 0. The maximum Gasteiger partial charge on any atom is 0.338 e. The number of carbonyl (C=O) groups excluding carboxylic acids is 2. The highest BCUT2D eigenvalue weighted by atomic mass is 32.1. The quantitative estimate of drug-likeness (QED) is 0.866. The van der Waals surface area contributed by atoms with Crippen LogP contribution in [0.15, 0.2) is 11.4 Å². The van der Waals surface area contributed by atoms with E-state index in [1.807, 2.05) is 0 Å². The molecule has 0 bridgehead atoms. The number of carboxylic acids is 1. The highest BCUT2D eigenvalue weighted by Gasteiger charge is 2.22. The molecule has 0 aromatic carbocycles. The normalized spacial score (nSPS) is 15.5. The number of anilines is 1. The van der Waals surface area contributed by atoms with Crippen LogP contribution < -0.4 is 5.32 Å². The van der Waals surface area contributed by atoms with Crippen LogP contribution in [0, 0.1) is 0 Å². The zero-order valence-electron chi connectivity index (χ0n) is 11.7. The molecule has 2 heterocycles. The van der Waals surface area contributed by atoms with Crippen LogP contribution >= 0.6 is 11.3 Å². The van der Waals surface area contributed by atoms with Crippen molar-refractivity contribution >= 4 is 34.2 Å². The van der Waals surface area contributed by atoms with Gasteiger partial charge in [-0.15, -0.1) is 11.3 Å². The Morgan fingerprint density at radius 2 is 1.86 bits per heavy atom. The molecule has 1 aliphatic rings. The average Bonchev–Trinajstić information content (AvgIpc) is 2.73. The van der Waals surface area contributed by atoms with Crippen LogP contribution in [0.3, 0.4) is 0 Å². The summed E-state index contributed by atoms with van der Waals surface area (Å²) in [5.74, 6) is -1.06. The van der Waals surface area contributed by atoms with Crippen molar-refractivity contribution in [1.82, 2.24) is 9.80 Å². The lowest BCUT2D eigenvalue weighted by Crippen LogP contribution is -2.38. The van der Waals surface area contributed by atoms with Crippen molar-refractivity contribution in [3.8, 4) is 0 Å². The molecule has 3 amide bonds. The maximum atomic E-state index is 12.2. The largest absolute Gasteiger partial charge is 0.478 e. The van der Waals surface area contributed by atoms with Crippen molar-refractivity contribution in [3.63, 3.8) is 0 Å². The number of nitrogens with one attached hydrogen (secondary N) is 1. The van der Waals surface area contributed by atoms with E-state index in [4.69, 9.17) is 5.11 Å². The van der Waals surface area contributed by atoms with Gasteiger partial charge in [-0.1, -0.05) is 0 Å². The van der Waals surface area contributed by atoms with Gasteiger partial charge >= 0.3 is 12.0 Å². The van der Waals surface area contributed by atoms with E-state index in [1.165, 1.54) is 24.3 Å². The second-order valence-corrected chi connectivity index (χ2v) is 5.66. The maximum absolute atomic E-state index is 12.2. The predicted octanol–water partition coefficient (Wildman–Crippen LogP) is 1.53. The first-order chi connectivity index (χ1) is 9.99. The summed E-state index contributed by atoms with van der Waals surface area (Å²) in [5.41, 5.74) is 0.0912. The van der Waals surface area contributed by atoms with E-state index >= 15 is 0 Å². The molecule has 1 aromatic rings. The van der Waals surface area contributed by atoms with Crippen LogP contribution in [0.2, 0.25) is 0 Å². The molecule has 21 heavy (non-hydrogen) atoms. The SMILES string of the molecule is CC(=O)N1CCCN(C(=O)Nc2sccc2C(=O)O)CC1. The second kappa shape index (κ2) is 6.57. The molecule has 1 aliphatic heterocycles. The Labute approximate surface area is 126 Å². The van der Waals surface area contributed by atoms with E-state index in [0.717, 1.165) is 0 Å². The van der Waals surface area contributed by atoms with Gasteiger partial charge in [-0.25, -0.2) is 9.59 Å². The van der Waals surface area contributed by atoms with Gasteiger partial charge in [0, 0.05) is 33.1 Å². The molecule has 0 unspecified atom stereocenters. The fraction of sp³-hybridized carbons (Fsp3) is 0.462. The topological polar surface area (TPSA) is 90.0 Å². The fourth-order valence-electron chi connectivity index (χ4n) is 2.19. The van der Waals surface area contributed by atoms with Gasteiger partial charge in [0.05, 0.1) is 5.56 Å². The van der Waals surface area contributed by atoms with Crippen molar-refractivity contribution in [2.24, 2.45) is 0 Å². The van der Waals surface area contributed by atoms with Gasteiger partial charge in [-0.2, -0.15) is 0 Å². The lowest BCUT2D eigenvalue weighted by molar-refractivity contribution is -0.128. The minimum Gasteiger partial charge on any atom is -0.478 e. The second-order valence-electron chi connectivity index (χ2n) is 4.75. The Morgan fingerprint density at radius 3 is 2.52 bits per heavy atom. The fourth-order valence-corrected chi connectivity index (χ4v) is 2.95. The summed E-state index contributed by atoms with van der Waals surface area (Å²) in [6.45, 7) is 3.64. The van der Waals surface area contributed by atoms with Gasteiger partial charge in [0.1, 0.15) is 5.00 Å². The van der Waals surface area contributed by atoms with Gasteiger partial charge in [-0.3, -0.25) is 10.1 Å². The number of hydrogen-bond acceptors (Lipinski definition) is 4. The van der Waals surface area contributed by atoms with E-state index in [9.17, 15) is 14.4 Å². The Hall–Kier alpha value is -2.09. The summed E-state index contributed by atoms with van der Waals surface area (Å²) in [7, 11) is 0. The standard InChI is InChI=1S/C13H17N3O4S/c1-9(17)15-4-2-5-16(7-6-15)13(20)14-11-10(12(18)19)3-8-21-11/h3,8H,2,4-7H2,1H3,(H,14,20)(H,18,19). The Kier molecular flexibility index (Phi) is 4.79. The third-order valence-electron chi connectivity index (χ3n) is 3.34. The predicted molar refractivity (Wildman–Crippen MR) is 78.7 cm³/mol. The van der Waals surface area contributed by atoms with E-state index in [0.29, 0.717) is 37.6 Å². The third-order valence-corrected chi connectivity index (χ3v) is 4.17. The zero-order valence-corrected chi connectivity index (χ0v) is 12.5.